The zero-order chi connectivity index (χ0) is 20.4. The number of likely N-dealkylation sites (tertiary alicyclic amines) is 1. The number of rotatable bonds is 5. The quantitative estimate of drug-likeness (QED) is 0.565. The predicted octanol–water partition coefficient (Wildman–Crippen LogP) is 4.82. The number of carbonyl (C=O) groups is 1. The standard InChI is InChI=1S/C23H26FN3OS/c1-16-11-21-22(12-17(16)2)27(15-25-21)13-18-7-9-26(10-8-18)23(28)14-29-20-5-3-19(24)4-6-20/h3-6,11-12,15,18H,7-10,13-14H2,1-2H3. The summed E-state index contributed by atoms with van der Waals surface area (Å²) >= 11 is 1.47. The average Bonchev–Trinajstić information content (AvgIpc) is 3.09. The lowest BCUT2D eigenvalue weighted by molar-refractivity contribution is -0.129. The lowest BCUT2D eigenvalue weighted by atomic mass is 9.96. The summed E-state index contributed by atoms with van der Waals surface area (Å²) < 4.78 is 15.2. The van der Waals surface area contributed by atoms with Gasteiger partial charge in [0.2, 0.25) is 5.91 Å². The van der Waals surface area contributed by atoms with Crippen LogP contribution in [0.1, 0.15) is 24.0 Å². The van der Waals surface area contributed by atoms with Crippen LogP contribution in [0.15, 0.2) is 47.6 Å². The van der Waals surface area contributed by atoms with Gasteiger partial charge in [-0.15, -0.1) is 11.8 Å². The first kappa shape index (κ1) is 20.0. The molecule has 4 nitrogen and oxygen atoms in total. The maximum Gasteiger partial charge on any atom is 0.232 e. The summed E-state index contributed by atoms with van der Waals surface area (Å²) in [6.07, 6.45) is 3.97. The molecule has 29 heavy (non-hydrogen) atoms. The summed E-state index contributed by atoms with van der Waals surface area (Å²) in [7, 11) is 0. The number of aryl methyl sites for hydroxylation is 2. The number of nitrogens with zero attached hydrogens (tertiary/aromatic N) is 3. The summed E-state index contributed by atoms with van der Waals surface area (Å²) in [5.41, 5.74) is 4.81. The Kier molecular flexibility index (Phi) is 5.90. The summed E-state index contributed by atoms with van der Waals surface area (Å²) in [6, 6.07) is 10.7. The van der Waals surface area contributed by atoms with Crippen LogP contribution in [-0.2, 0) is 11.3 Å². The van der Waals surface area contributed by atoms with Gasteiger partial charge in [0.1, 0.15) is 5.82 Å². The summed E-state index contributed by atoms with van der Waals surface area (Å²) in [4.78, 5) is 20.0. The van der Waals surface area contributed by atoms with Gasteiger partial charge in [0, 0.05) is 24.5 Å². The van der Waals surface area contributed by atoms with Gasteiger partial charge in [0.05, 0.1) is 23.1 Å². The number of halogens is 1. The Morgan fingerprint density at radius 2 is 1.83 bits per heavy atom. The van der Waals surface area contributed by atoms with E-state index in [1.54, 1.807) is 12.1 Å². The van der Waals surface area contributed by atoms with Crippen LogP contribution in [0.4, 0.5) is 4.39 Å². The van der Waals surface area contributed by atoms with Crippen LogP contribution in [0.5, 0.6) is 0 Å². The van der Waals surface area contributed by atoms with Crippen LogP contribution < -0.4 is 0 Å². The number of piperidine rings is 1. The first-order valence-corrected chi connectivity index (χ1v) is 11.1. The van der Waals surface area contributed by atoms with E-state index in [-0.39, 0.29) is 11.7 Å². The molecule has 0 N–H and O–H groups in total. The second-order valence-electron chi connectivity index (χ2n) is 7.89. The van der Waals surface area contributed by atoms with Crippen molar-refractivity contribution in [2.75, 3.05) is 18.8 Å². The molecular formula is C23H26FN3OS. The molecule has 6 heteroatoms. The maximum absolute atomic E-state index is 13.0. The first-order chi connectivity index (χ1) is 14.0. The van der Waals surface area contributed by atoms with Gasteiger partial charge >= 0.3 is 0 Å². The second kappa shape index (κ2) is 8.57. The normalized spacial score (nSPS) is 15.2. The second-order valence-corrected chi connectivity index (χ2v) is 8.94. The molecule has 1 saturated heterocycles. The minimum absolute atomic E-state index is 0.164. The zero-order valence-corrected chi connectivity index (χ0v) is 17.7. The molecule has 1 aromatic heterocycles. The van der Waals surface area contributed by atoms with Crippen molar-refractivity contribution in [1.29, 1.82) is 0 Å². The molecule has 3 aromatic rings. The van der Waals surface area contributed by atoms with Gasteiger partial charge in [-0.1, -0.05) is 0 Å². The Morgan fingerprint density at radius 3 is 2.55 bits per heavy atom. The molecule has 0 bridgehead atoms. The van der Waals surface area contributed by atoms with E-state index in [1.807, 2.05) is 11.2 Å². The monoisotopic (exact) mass is 411 g/mol. The number of amides is 1. The van der Waals surface area contributed by atoms with E-state index in [1.165, 1.54) is 40.5 Å². The van der Waals surface area contributed by atoms with Crippen molar-refractivity contribution in [3.63, 3.8) is 0 Å². The number of thioether (sulfide) groups is 1. The largest absolute Gasteiger partial charge is 0.342 e. The molecule has 1 amide bonds. The van der Waals surface area contributed by atoms with E-state index < -0.39 is 0 Å². The molecule has 1 aliphatic rings. The Balaban J connectivity index is 1.29. The molecule has 0 spiro atoms. The first-order valence-electron chi connectivity index (χ1n) is 10.1. The third-order valence-electron chi connectivity index (χ3n) is 5.83. The summed E-state index contributed by atoms with van der Waals surface area (Å²) in [5, 5.41) is 0. The van der Waals surface area contributed by atoms with E-state index >= 15 is 0 Å². The van der Waals surface area contributed by atoms with Gasteiger partial charge in [-0.3, -0.25) is 4.79 Å². The molecule has 0 radical (unpaired) electrons. The van der Waals surface area contributed by atoms with Gasteiger partial charge in [-0.25, -0.2) is 9.37 Å². The van der Waals surface area contributed by atoms with Crippen molar-refractivity contribution in [3.05, 3.63) is 59.7 Å². The Morgan fingerprint density at radius 1 is 1.14 bits per heavy atom. The molecule has 0 unspecified atom stereocenters. The molecule has 0 aliphatic carbocycles. The van der Waals surface area contributed by atoms with Crippen LogP contribution in [0, 0.1) is 25.6 Å². The molecule has 4 rings (SSSR count). The number of carbonyl (C=O) groups excluding carboxylic acids is 1. The number of benzene rings is 2. The molecule has 2 heterocycles. The van der Waals surface area contributed by atoms with Crippen LogP contribution in [0.2, 0.25) is 0 Å². The van der Waals surface area contributed by atoms with Crippen molar-refractivity contribution in [2.45, 2.75) is 38.1 Å². The minimum atomic E-state index is -0.251. The topological polar surface area (TPSA) is 38.1 Å². The molecule has 1 aliphatic heterocycles. The Labute approximate surface area is 175 Å². The fourth-order valence-electron chi connectivity index (χ4n) is 3.87. The fraction of sp³-hybridized carbons (Fsp3) is 0.391. The highest BCUT2D eigenvalue weighted by atomic mass is 32.2. The van der Waals surface area contributed by atoms with Crippen molar-refractivity contribution in [2.24, 2.45) is 5.92 Å². The number of hydrogen-bond acceptors (Lipinski definition) is 3. The highest BCUT2D eigenvalue weighted by molar-refractivity contribution is 8.00. The molecule has 2 aromatic carbocycles. The van der Waals surface area contributed by atoms with Gasteiger partial charge in [-0.2, -0.15) is 0 Å². The van der Waals surface area contributed by atoms with E-state index in [9.17, 15) is 9.18 Å². The van der Waals surface area contributed by atoms with Crippen LogP contribution in [-0.4, -0.2) is 39.2 Å². The van der Waals surface area contributed by atoms with Crippen molar-refractivity contribution < 1.29 is 9.18 Å². The molecular weight excluding hydrogens is 385 g/mol. The molecule has 0 saturated carbocycles. The fourth-order valence-corrected chi connectivity index (χ4v) is 4.67. The van der Waals surface area contributed by atoms with E-state index in [4.69, 9.17) is 0 Å². The third kappa shape index (κ3) is 4.64. The molecule has 1 fully saturated rings. The number of aromatic nitrogens is 2. The average molecular weight is 412 g/mol. The van der Waals surface area contributed by atoms with Crippen LogP contribution in [0.25, 0.3) is 11.0 Å². The minimum Gasteiger partial charge on any atom is -0.342 e. The zero-order valence-electron chi connectivity index (χ0n) is 16.9. The lowest BCUT2D eigenvalue weighted by Crippen LogP contribution is -2.40. The van der Waals surface area contributed by atoms with E-state index in [2.05, 4.69) is 35.5 Å². The highest BCUT2D eigenvalue weighted by Crippen LogP contribution is 2.25. The Bertz CT molecular complexity index is 1010. The van der Waals surface area contributed by atoms with E-state index in [0.717, 1.165) is 42.9 Å². The summed E-state index contributed by atoms with van der Waals surface area (Å²) in [5.74, 6) is 0.875. The maximum atomic E-state index is 13.0. The van der Waals surface area contributed by atoms with Gasteiger partial charge < -0.3 is 9.47 Å². The SMILES string of the molecule is Cc1cc2ncn(CC3CCN(C(=O)CSc4ccc(F)cc4)CC3)c2cc1C. The smallest absolute Gasteiger partial charge is 0.232 e. The summed E-state index contributed by atoms with van der Waals surface area (Å²) in [6.45, 7) is 6.82. The van der Waals surface area contributed by atoms with Crippen LogP contribution in [0.3, 0.4) is 0 Å². The number of hydrogen-bond donors (Lipinski definition) is 0. The highest BCUT2D eigenvalue weighted by Gasteiger charge is 2.23. The van der Waals surface area contributed by atoms with Gasteiger partial charge in [-0.05, 0) is 80.1 Å². The van der Waals surface area contributed by atoms with Gasteiger partial charge in [0.15, 0.2) is 0 Å². The van der Waals surface area contributed by atoms with E-state index in [0.29, 0.717) is 11.7 Å². The van der Waals surface area contributed by atoms with Crippen LogP contribution >= 0.6 is 11.8 Å². The third-order valence-corrected chi connectivity index (χ3v) is 6.83. The number of imidazole rings is 1. The predicted molar refractivity (Wildman–Crippen MR) is 116 cm³/mol. The molecule has 0 atom stereocenters. The molecule has 152 valence electrons. The Hall–Kier alpha value is -2.34. The number of fused-ring (bicyclic) bond motifs is 1. The van der Waals surface area contributed by atoms with Crippen molar-refractivity contribution >= 4 is 28.7 Å². The lowest BCUT2D eigenvalue weighted by Gasteiger charge is -2.32. The van der Waals surface area contributed by atoms with Gasteiger partial charge in [0.25, 0.3) is 0 Å². The van der Waals surface area contributed by atoms with Crippen molar-refractivity contribution in [3.8, 4) is 0 Å². The van der Waals surface area contributed by atoms with Crippen molar-refractivity contribution in [1.82, 2.24) is 14.5 Å².